The van der Waals surface area contributed by atoms with Gasteiger partial charge in [-0.05, 0) is 32.4 Å². The van der Waals surface area contributed by atoms with E-state index in [1.54, 1.807) is 30.1 Å². The highest BCUT2D eigenvalue weighted by molar-refractivity contribution is 8.08. The Hall–Kier alpha value is -3.27. The number of likely N-dealkylation sites (N-methyl/N-ethyl adjacent to an activating group) is 1. The van der Waals surface area contributed by atoms with Crippen LogP contribution in [0.2, 0.25) is 5.02 Å². The summed E-state index contributed by atoms with van der Waals surface area (Å²) in [4.78, 5) is 23.2. The second-order valence-corrected chi connectivity index (χ2v) is 13.3. The molecule has 236 valence electrons. The van der Waals surface area contributed by atoms with Gasteiger partial charge in [-0.3, -0.25) is 9.48 Å². The maximum atomic E-state index is 12.5. The first-order chi connectivity index (χ1) is 20.8. The molecular formula is C28H31ClF3N7O4S. The Morgan fingerprint density at radius 2 is 2.14 bits per heavy atom. The third-order valence-electron chi connectivity index (χ3n) is 7.73. The van der Waals surface area contributed by atoms with Crippen LogP contribution >= 0.6 is 23.4 Å². The fourth-order valence-electron chi connectivity index (χ4n) is 5.51. The summed E-state index contributed by atoms with van der Waals surface area (Å²) in [5.41, 5.74) is 2.57. The first-order valence-electron chi connectivity index (χ1n) is 13.9. The summed E-state index contributed by atoms with van der Waals surface area (Å²) in [5, 5.41) is 6.99. The predicted molar refractivity (Wildman–Crippen MR) is 160 cm³/mol. The molecule has 7 rings (SSSR count). The van der Waals surface area contributed by atoms with Gasteiger partial charge in [0.2, 0.25) is 12.3 Å². The molecule has 3 atom stereocenters. The molecule has 3 aromatic rings. The Balaban J connectivity index is 0.000000159. The van der Waals surface area contributed by atoms with Crippen molar-refractivity contribution in [2.45, 2.75) is 55.0 Å². The summed E-state index contributed by atoms with van der Waals surface area (Å²) in [6.45, 7) is 5.68. The Kier molecular flexibility index (Phi) is 8.09. The van der Waals surface area contributed by atoms with Gasteiger partial charge in [-0.2, -0.15) is 18.3 Å². The first-order valence-corrected chi connectivity index (χ1v) is 15.2. The largest absolute Gasteiger partial charge is 0.476 e. The van der Waals surface area contributed by atoms with Crippen molar-refractivity contribution in [1.29, 1.82) is 0 Å². The highest BCUT2D eigenvalue weighted by atomic mass is 35.5. The van der Waals surface area contributed by atoms with Crippen molar-refractivity contribution in [3.8, 4) is 17.1 Å². The van der Waals surface area contributed by atoms with Crippen LogP contribution in [0.15, 0.2) is 36.8 Å². The van der Waals surface area contributed by atoms with E-state index in [0.29, 0.717) is 53.5 Å². The van der Waals surface area contributed by atoms with E-state index in [1.165, 1.54) is 12.4 Å². The van der Waals surface area contributed by atoms with Gasteiger partial charge in [0, 0.05) is 55.9 Å². The van der Waals surface area contributed by atoms with Crippen molar-refractivity contribution in [2.75, 3.05) is 48.5 Å². The smallest absolute Gasteiger partial charge is 0.408 e. The Morgan fingerprint density at radius 3 is 2.86 bits per heavy atom. The monoisotopic (exact) mass is 653 g/mol. The molecule has 3 saturated heterocycles. The third-order valence-corrected chi connectivity index (χ3v) is 9.45. The van der Waals surface area contributed by atoms with Gasteiger partial charge in [0.05, 0.1) is 34.5 Å². The van der Waals surface area contributed by atoms with Crippen molar-refractivity contribution in [3.63, 3.8) is 0 Å². The molecule has 3 fully saturated rings. The Bertz CT molecular complexity index is 1540. The van der Waals surface area contributed by atoms with Crippen molar-refractivity contribution in [3.05, 3.63) is 41.8 Å². The van der Waals surface area contributed by atoms with E-state index in [2.05, 4.69) is 30.2 Å². The van der Waals surface area contributed by atoms with Crippen LogP contribution in [-0.2, 0) is 20.8 Å². The first kappa shape index (κ1) is 30.7. The zero-order chi connectivity index (χ0) is 31.3. The van der Waals surface area contributed by atoms with E-state index in [9.17, 15) is 18.0 Å². The maximum absolute atomic E-state index is 12.5. The quantitative estimate of drug-likeness (QED) is 0.282. The maximum Gasteiger partial charge on any atom is 0.408 e. The van der Waals surface area contributed by atoms with E-state index in [0.717, 1.165) is 35.7 Å². The van der Waals surface area contributed by atoms with Crippen molar-refractivity contribution >= 4 is 47.0 Å². The molecule has 3 unspecified atom stereocenters. The lowest BCUT2D eigenvalue weighted by Crippen LogP contribution is -2.40. The van der Waals surface area contributed by atoms with Crippen molar-refractivity contribution in [2.24, 2.45) is 0 Å². The number of nitrogens with one attached hydrogen (secondary N) is 1. The normalized spacial score (nSPS) is 24.5. The van der Waals surface area contributed by atoms with Crippen LogP contribution in [0.1, 0.15) is 20.3 Å². The van der Waals surface area contributed by atoms with Crippen LogP contribution in [0.3, 0.4) is 0 Å². The van der Waals surface area contributed by atoms with Crippen LogP contribution < -0.4 is 19.9 Å². The molecule has 2 bridgehead atoms. The summed E-state index contributed by atoms with van der Waals surface area (Å²) in [5.74, 6) is 0.776. The number of aromatic nitrogens is 4. The van der Waals surface area contributed by atoms with Gasteiger partial charge < -0.3 is 29.3 Å². The minimum absolute atomic E-state index is 0.244. The number of anilines is 3. The SMILES string of the molecule is CC1(C)OCC2(O1)SC2COc1cc(NC=O)ccn1.CN1c2nc(-c3cnn(CC(F)(F)F)c3)c(Cl)cc2N2CCC1C2. The van der Waals surface area contributed by atoms with Crippen molar-refractivity contribution < 1.29 is 32.2 Å². The third kappa shape index (κ3) is 6.55. The number of pyridine rings is 2. The molecule has 16 heteroatoms. The van der Waals surface area contributed by atoms with E-state index in [4.69, 9.17) is 25.8 Å². The summed E-state index contributed by atoms with van der Waals surface area (Å²) >= 11 is 8.07. The molecule has 0 aromatic carbocycles. The number of carbonyl (C=O) groups is 1. The molecule has 7 heterocycles. The van der Waals surface area contributed by atoms with Gasteiger partial charge >= 0.3 is 6.18 Å². The number of ether oxygens (including phenoxy) is 3. The molecule has 3 aromatic heterocycles. The summed E-state index contributed by atoms with van der Waals surface area (Å²) < 4.78 is 55.4. The number of fused-ring (bicyclic) bond motifs is 4. The van der Waals surface area contributed by atoms with Gasteiger partial charge in [-0.25, -0.2) is 9.97 Å². The van der Waals surface area contributed by atoms with Crippen LogP contribution in [-0.4, -0.2) is 87.7 Å². The van der Waals surface area contributed by atoms with Crippen LogP contribution in [0.4, 0.5) is 30.4 Å². The molecule has 44 heavy (non-hydrogen) atoms. The topological polar surface area (TPSA) is 107 Å². The molecule has 0 saturated carbocycles. The standard InChI is InChI=1S/C15H15ClF3N5.C13H16N2O4S/c1-22-10-2-3-23(7-10)12-4-11(16)13(21-14(12)22)9-5-20-24(6-9)8-15(17,18)19;1-12(2)18-7-13(19-12)10(20-13)6-17-11-5-9(15-8-16)3-4-14-11/h4-6,10H,2-3,7-8H2,1H3;3-5,8,10H,6-7H2,1-2H3,(H,14,15,16). The summed E-state index contributed by atoms with van der Waals surface area (Å²) in [6, 6.07) is 5.64. The number of thioether (sulfide) groups is 1. The second kappa shape index (κ2) is 11.6. The van der Waals surface area contributed by atoms with Gasteiger partial charge in [-0.1, -0.05) is 11.6 Å². The lowest BCUT2D eigenvalue weighted by Gasteiger charge is -2.35. The minimum Gasteiger partial charge on any atom is -0.476 e. The molecule has 4 aliphatic rings. The highest BCUT2D eigenvalue weighted by Crippen LogP contribution is 2.59. The fourth-order valence-corrected chi connectivity index (χ4v) is 6.88. The highest BCUT2D eigenvalue weighted by Gasteiger charge is 2.64. The Morgan fingerprint density at radius 1 is 1.32 bits per heavy atom. The number of hydrogen-bond donors (Lipinski definition) is 1. The lowest BCUT2D eigenvalue weighted by atomic mass is 10.1. The van der Waals surface area contributed by atoms with Gasteiger partial charge in [0.1, 0.15) is 13.2 Å². The zero-order valence-electron chi connectivity index (χ0n) is 24.2. The number of nitrogens with zero attached hydrogens (tertiary/aromatic N) is 6. The zero-order valence-corrected chi connectivity index (χ0v) is 25.7. The molecule has 1 N–H and O–H groups in total. The molecule has 11 nitrogen and oxygen atoms in total. The lowest BCUT2D eigenvalue weighted by molar-refractivity contribution is -0.142. The van der Waals surface area contributed by atoms with E-state index >= 15 is 0 Å². The van der Waals surface area contributed by atoms with E-state index < -0.39 is 18.5 Å². The van der Waals surface area contributed by atoms with Crippen LogP contribution in [0.5, 0.6) is 5.88 Å². The molecule has 0 aliphatic carbocycles. The van der Waals surface area contributed by atoms with Crippen LogP contribution in [0, 0.1) is 0 Å². The van der Waals surface area contributed by atoms with E-state index in [1.807, 2.05) is 27.0 Å². The number of amides is 1. The van der Waals surface area contributed by atoms with Crippen molar-refractivity contribution in [1.82, 2.24) is 19.7 Å². The average Bonchev–Trinajstić information content (AvgIpc) is 3.30. The number of carbonyl (C=O) groups excluding carboxylic acids is 1. The molecule has 4 aliphatic heterocycles. The average molecular weight is 654 g/mol. The molecule has 0 radical (unpaired) electrons. The Labute approximate surface area is 261 Å². The fraction of sp³-hybridized carbons (Fsp3) is 0.500. The second-order valence-electron chi connectivity index (χ2n) is 11.4. The number of alkyl halides is 3. The molecule has 1 spiro atoms. The number of halogens is 4. The van der Waals surface area contributed by atoms with Gasteiger partial charge in [0.25, 0.3) is 0 Å². The predicted octanol–water partition coefficient (Wildman–Crippen LogP) is 4.81. The molecule has 1 amide bonds. The molecular weight excluding hydrogens is 623 g/mol. The summed E-state index contributed by atoms with van der Waals surface area (Å²) in [7, 11) is 1.99. The summed E-state index contributed by atoms with van der Waals surface area (Å²) in [6.07, 6.45) is 1.65. The van der Waals surface area contributed by atoms with Gasteiger partial charge in [0.15, 0.2) is 16.5 Å². The van der Waals surface area contributed by atoms with Gasteiger partial charge in [-0.15, -0.1) is 11.8 Å². The number of rotatable bonds is 7. The number of hydrogen-bond acceptors (Lipinski definition) is 10. The minimum atomic E-state index is -4.32. The van der Waals surface area contributed by atoms with E-state index in [-0.39, 0.29) is 10.2 Å². The van der Waals surface area contributed by atoms with Crippen LogP contribution in [0.25, 0.3) is 11.3 Å².